The van der Waals surface area contributed by atoms with E-state index in [0.717, 1.165) is 38.8 Å². The van der Waals surface area contributed by atoms with Gasteiger partial charge in [-0.1, -0.05) is 0 Å². The molecule has 1 unspecified atom stereocenters. The van der Waals surface area contributed by atoms with Crippen LogP contribution in [0.5, 0.6) is 0 Å². The number of hydrogen-bond acceptors (Lipinski definition) is 3. The molecule has 0 aliphatic carbocycles. The van der Waals surface area contributed by atoms with E-state index in [2.05, 4.69) is 19.1 Å². The molecule has 1 fully saturated rings. The Bertz CT molecular complexity index is 402. The van der Waals surface area contributed by atoms with Crippen LogP contribution in [0.15, 0.2) is 12.1 Å². The summed E-state index contributed by atoms with van der Waals surface area (Å²) in [5.74, 6) is 0.276. The summed E-state index contributed by atoms with van der Waals surface area (Å²) in [7, 11) is 0. The van der Waals surface area contributed by atoms with E-state index in [-0.39, 0.29) is 11.9 Å². The highest BCUT2D eigenvalue weighted by Crippen LogP contribution is 2.18. The molecule has 2 N–H and O–H groups in total. The minimum absolute atomic E-state index is 0.183. The quantitative estimate of drug-likeness (QED) is 0.909. The summed E-state index contributed by atoms with van der Waals surface area (Å²) < 4.78 is 0. The van der Waals surface area contributed by atoms with E-state index in [9.17, 15) is 4.79 Å². The summed E-state index contributed by atoms with van der Waals surface area (Å²) in [6.45, 7) is 3.76. The molecule has 18 heavy (non-hydrogen) atoms. The fraction of sp³-hybridized carbons (Fsp3) is 0.643. The molecule has 1 atom stereocenters. The van der Waals surface area contributed by atoms with Crippen LogP contribution in [0.25, 0.3) is 0 Å². The number of carbonyl (C=O) groups is 1. The molecule has 1 aliphatic heterocycles. The Morgan fingerprint density at radius 3 is 3.06 bits per heavy atom. The number of rotatable bonds is 4. The summed E-state index contributed by atoms with van der Waals surface area (Å²) in [5.41, 5.74) is 5.89. The van der Waals surface area contributed by atoms with Crippen LogP contribution >= 0.6 is 11.3 Å². The summed E-state index contributed by atoms with van der Waals surface area (Å²) in [5, 5.41) is 0. The van der Waals surface area contributed by atoms with Crippen LogP contribution in [0.2, 0.25) is 0 Å². The van der Waals surface area contributed by atoms with E-state index in [0.29, 0.717) is 6.42 Å². The normalized spacial score (nSPS) is 20.1. The first-order valence-electron chi connectivity index (χ1n) is 6.74. The molecule has 2 rings (SSSR count). The van der Waals surface area contributed by atoms with Crippen molar-refractivity contribution < 1.29 is 4.79 Å². The highest BCUT2D eigenvalue weighted by atomic mass is 32.1. The van der Waals surface area contributed by atoms with Crippen molar-refractivity contribution in [1.82, 2.24) is 4.90 Å². The smallest absolute Gasteiger partial charge is 0.222 e. The van der Waals surface area contributed by atoms with Crippen molar-refractivity contribution in [1.29, 1.82) is 0 Å². The Hall–Kier alpha value is -0.870. The zero-order valence-corrected chi connectivity index (χ0v) is 11.8. The molecule has 1 aliphatic rings. The number of hydrogen-bond donors (Lipinski definition) is 1. The van der Waals surface area contributed by atoms with Crippen molar-refractivity contribution in [3.8, 4) is 0 Å². The number of carbonyl (C=O) groups excluding carboxylic acids is 1. The summed E-state index contributed by atoms with van der Waals surface area (Å²) in [4.78, 5) is 16.7. The minimum atomic E-state index is 0.183. The number of likely N-dealkylation sites (tertiary alicyclic amines) is 1. The lowest BCUT2D eigenvalue weighted by Gasteiger charge is -2.30. The first kappa shape index (κ1) is 13.6. The van der Waals surface area contributed by atoms with Gasteiger partial charge in [-0.25, -0.2) is 0 Å². The Balaban J connectivity index is 1.71. The van der Waals surface area contributed by atoms with Gasteiger partial charge >= 0.3 is 0 Å². The third-order valence-corrected chi connectivity index (χ3v) is 4.48. The molecule has 4 heteroatoms. The van der Waals surface area contributed by atoms with Crippen molar-refractivity contribution in [2.24, 2.45) is 5.73 Å². The highest BCUT2D eigenvalue weighted by Gasteiger charge is 2.20. The van der Waals surface area contributed by atoms with Crippen LogP contribution in [-0.2, 0) is 11.2 Å². The minimum Gasteiger partial charge on any atom is -0.341 e. The fourth-order valence-corrected chi connectivity index (χ4v) is 3.36. The predicted octanol–water partition coefficient (Wildman–Crippen LogP) is 2.33. The Morgan fingerprint density at radius 1 is 1.56 bits per heavy atom. The number of nitrogens with two attached hydrogens (primary N) is 1. The standard InChI is InChI=1S/C14H22N2OS/c1-11-7-8-13(18-11)5-2-6-14(17)16-9-3-4-12(15)10-16/h7-8,12H,2-6,9-10,15H2,1H3. The monoisotopic (exact) mass is 266 g/mol. The van der Waals surface area contributed by atoms with Crippen molar-refractivity contribution in [3.05, 3.63) is 21.9 Å². The first-order chi connectivity index (χ1) is 8.65. The van der Waals surface area contributed by atoms with Gasteiger partial charge in [0.2, 0.25) is 5.91 Å². The van der Waals surface area contributed by atoms with Gasteiger partial charge in [0.1, 0.15) is 0 Å². The first-order valence-corrected chi connectivity index (χ1v) is 7.55. The van der Waals surface area contributed by atoms with Gasteiger partial charge < -0.3 is 10.6 Å². The van der Waals surface area contributed by atoms with Gasteiger partial charge in [0.15, 0.2) is 0 Å². The molecule has 1 saturated heterocycles. The molecule has 1 aromatic rings. The molecule has 2 heterocycles. The van der Waals surface area contributed by atoms with Gasteiger partial charge in [-0.2, -0.15) is 0 Å². The Kier molecular flexibility index (Phi) is 4.78. The van der Waals surface area contributed by atoms with Crippen molar-refractivity contribution >= 4 is 17.2 Å². The van der Waals surface area contributed by atoms with E-state index in [1.54, 1.807) is 0 Å². The van der Waals surface area contributed by atoms with E-state index < -0.39 is 0 Å². The summed E-state index contributed by atoms with van der Waals surface area (Å²) in [6.07, 6.45) is 4.73. The highest BCUT2D eigenvalue weighted by molar-refractivity contribution is 7.11. The van der Waals surface area contributed by atoms with E-state index in [1.807, 2.05) is 16.2 Å². The maximum absolute atomic E-state index is 12.0. The van der Waals surface area contributed by atoms with Crippen LogP contribution in [0.4, 0.5) is 0 Å². The van der Waals surface area contributed by atoms with Crippen LogP contribution in [-0.4, -0.2) is 29.9 Å². The van der Waals surface area contributed by atoms with E-state index >= 15 is 0 Å². The fourth-order valence-electron chi connectivity index (χ4n) is 2.43. The maximum atomic E-state index is 12.0. The average Bonchev–Trinajstić information content (AvgIpc) is 2.75. The molecule has 1 aromatic heterocycles. The second-order valence-corrected chi connectivity index (χ2v) is 6.48. The third kappa shape index (κ3) is 3.82. The topological polar surface area (TPSA) is 46.3 Å². The number of nitrogens with zero attached hydrogens (tertiary/aromatic N) is 1. The van der Waals surface area contributed by atoms with Crippen molar-refractivity contribution in [2.45, 2.75) is 45.1 Å². The predicted molar refractivity (Wildman–Crippen MR) is 75.8 cm³/mol. The SMILES string of the molecule is Cc1ccc(CCCC(=O)N2CCCC(N)C2)s1. The van der Waals surface area contributed by atoms with Gasteiger partial charge in [0, 0.05) is 35.3 Å². The molecule has 100 valence electrons. The second-order valence-electron chi connectivity index (χ2n) is 5.11. The van der Waals surface area contributed by atoms with Gasteiger partial charge in [0.05, 0.1) is 0 Å². The molecule has 0 bridgehead atoms. The van der Waals surface area contributed by atoms with Crippen LogP contribution < -0.4 is 5.73 Å². The summed E-state index contributed by atoms with van der Waals surface area (Å²) >= 11 is 1.83. The average molecular weight is 266 g/mol. The largest absolute Gasteiger partial charge is 0.341 e. The van der Waals surface area contributed by atoms with E-state index in [4.69, 9.17) is 5.73 Å². The van der Waals surface area contributed by atoms with Gasteiger partial charge in [0.25, 0.3) is 0 Å². The van der Waals surface area contributed by atoms with E-state index in [1.165, 1.54) is 9.75 Å². The number of piperidine rings is 1. The Morgan fingerprint density at radius 2 is 2.39 bits per heavy atom. The lowest BCUT2D eigenvalue weighted by atomic mass is 10.1. The number of aryl methyl sites for hydroxylation is 2. The second kappa shape index (κ2) is 6.34. The molecule has 0 spiro atoms. The van der Waals surface area contributed by atoms with Crippen LogP contribution in [0.3, 0.4) is 0 Å². The van der Waals surface area contributed by atoms with Crippen molar-refractivity contribution in [2.75, 3.05) is 13.1 Å². The zero-order chi connectivity index (χ0) is 13.0. The molecule has 0 aromatic carbocycles. The lowest BCUT2D eigenvalue weighted by molar-refractivity contribution is -0.132. The lowest BCUT2D eigenvalue weighted by Crippen LogP contribution is -2.45. The number of thiophene rings is 1. The molecule has 0 saturated carbocycles. The molecular formula is C14H22N2OS. The maximum Gasteiger partial charge on any atom is 0.222 e. The molecular weight excluding hydrogens is 244 g/mol. The molecule has 0 radical (unpaired) electrons. The van der Waals surface area contributed by atoms with Crippen molar-refractivity contribution in [3.63, 3.8) is 0 Å². The van der Waals surface area contributed by atoms with Gasteiger partial charge in [-0.05, 0) is 44.7 Å². The third-order valence-electron chi connectivity index (χ3n) is 3.42. The number of amides is 1. The van der Waals surface area contributed by atoms with Crippen LogP contribution in [0, 0.1) is 6.92 Å². The van der Waals surface area contributed by atoms with Gasteiger partial charge in [-0.15, -0.1) is 11.3 Å². The zero-order valence-electron chi connectivity index (χ0n) is 11.0. The molecule has 1 amide bonds. The Labute approximate surface area is 113 Å². The molecule has 3 nitrogen and oxygen atoms in total. The van der Waals surface area contributed by atoms with Gasteiger partial charge in [-0.3, -0.25) is 4.79 Å². The summed E-state index contributed by atoms with van der Waals surface area (Å²) in [6, 6.07) is 4.50. The van der Waals surface area contributed by atoms with Crippen LogP contribution in [0.1, 0.15) is 35.4 Å².